The summed E-state index contributed by atoms with van der Waals surface area (Å²) in [5, 5.41) is 2.51. The van der Waals surface area contributed by atoms with E-state index in [2.05, 4.69) is 12.2 Å². The predicted molar refractivity (Wildman–Crippen MR) is 163 cm³/mol. The Labute approximate surface area is 249 Å². The molecule has 1 N–H and O–H groups in total. The Balaban J connectivity index is 1.36. The van der Waals surface area contributed by atoms with Crippen molar-refractivity contribution in [3.05, 3.63) is 29.8 Å². The quantitative estimate of drug-likeness (QED) is 0.0984. The van der Waals surface area contributed by atoms with E-state index in [-0.39, 0.29) is 30.8 Å². The molecule has 9 heteroatoms. The molecular weight excluding hydrogens is 542 g/mol. The van der Waals surface area contributed by atoms with Gasteiger partial charge < -0.3 is 19.5 Å². The standard InChI is InChI=1S/C32H55NO7S/c1-3-4-5-6-7-8-9-10-11-12-13-14-15-16-22-37-25-29-24-30(38-26-29)27-39-32(34)33-21-23-40-41(35,36)31-19-17-28(2)18-20-31/h17-20,29-30H,3-16,21-27H2,1-2H3,(H,33,34)/t29-,30-/m0/s1. The zero-order valence-electron chi connectivity index (χ0n) is 25.6. The van der Waals surface area contributed by atoms with Crippen molar-refractivity contribution in [2.45, 2.75) is 121 Å². The lowest BCUT2D eigenvalue weighted by Gasteiger charge is -2.12. The Morgan fingerprint density at radius 1 is 0.854 bits per heavy atom. The van der Waals surface area contributed by atoms with Gasteiger partial charge in [0.1, 0.15) is 6.61 Å². The molecule has 2 atom stereocenters. The lowest BCUT2D eigenvalue weighted by molar-refractivity contribution is 0.0390. The summed E-state index contributed by atoms with van der Waals surface area (Å²) in [6.07, 6.45) is 18.9. The number of unbranched alkanes of at least 4 members (excludes halogenated alkanes) is 13. The Morgan fingerprint density at radius 2 is 1.44 bits per heavy atom. The largest absolute Gasteiger partial charge is 0.447 e. The van der Waals surface area contributed by atoms with E-state index in [0.717, 1.165) is 25.0 Å². The van der Waals surface area contributed by atoms with Crippen LogP contribution >= 0.6 is 0 Å². The first-order valence-corrected chi connectivity index (χ1v) is 17.4. The number of carbonyl (C=O) groups is 1. The van der Waals surface area contributed by atoms with Crippen molar-refractivity contribution in [2.24, 2.45) is 5.92 Å². The number of ether oxygens (including phenoxy) is 3. The normalized spacial score (nSPS) is 17.1. The smallest absolute Gasteiger partial charge is 0.407 e. The molecule has 2 rings (SSSR count). The van der Waals surface area contributed by atoms with Crippen molar-refractivity contribution in [3.8, 4) is 0 Å². The van der Waals surface area contributed by atoms with Crippen LogP contribution in [0.5, 0.6) is 0 Å². The minimum absolute atomic E-state index is 0.0190. The summed E-state index contributed by atoms with van der Waals surface area (Å²) in [6.45, 7) is 6.22. The number of nitrogens with one attached hydrogen (secondary N) is 1. The third-order valence-corrected chi connectivity index (χ3v) is 8.81. The first kappa shape index (κ1) is 35.5. The topological polar surface area (TPSA) is 100 Å². The van der Waals surface area contributed by atoms with Crippen molar-refractivity contribution < 1.29 is 31.6 Å². The van der Waals surface area contributed by atoms with E-state index in [9.17, 15) is 13.2 Å². The van der Waals surface area contributed by atoms with Crippen LogP contribution in [0.4, 0.5) is 4.79 Å². The van der Waals surface area contributed by atoms with Gasteiger partial charge in [-0.15, -0.1) is 0 Å². The molecule has 1 saturated heterocycles. The highest BCUT2D eigenvalue weighted by Gasteiger charge is 2.26. The summed E-state index contributed by atoms with van der Waals surface area (Å²) in [5.41, 5.74) is 0.957. The van der Waals surface area contributed by atoms with E-state index in [1.165, 1.54) is 95.6 Å². The highest BCUT2D eigenvalue weighted by Crippen LogP contribution is 2.20. The maximum atomic E-state index is 12.2. The third kappa shape index (κ3) is 17.1. The van der Waals surface area contributed by atoms with Crippen LogP contribution in [0.1, 0.15) is 109 Å². The second-order valence-corrected chi connectivity index (χ2v) is 13.0. The molecule has 8 nitrogen and oxygen atoms in total. The number of rotatable bonds is 24. The lowest BCUT2D eigenvalue weighted by Crippen LogP contribution is -2.31. The fourth-order valence-corrected chi connectivity index (χ4v) is 5.87. The molecule has 1 aromatic carbocycles. The minimum Gasteiger partial charge on any atom is -0.447 e. The van der Waals surface area contributed by atoms with Crippen LogP contribution in [0.3, 0.4) is 0 Å². The summed E-state index contributed by atoms with van der Waals surface area (Å²) in [5.74, 6) is 0.318. The number of benzene rings is 1. The average molecular weight is 598 g/mol. The first-order chi connectivity index (χ1) is 19.9. The van der Waals surface area contributed by atoms with Crippen LogP contribution in [0.2, 0.25) is 0 Å². The van der Waals surface area contributed by atoms with Crippen LogP contribution in [0.15, 0.2) is 29.2 Å². The maximum Gasteiger partial charge on any atom is 0.407 e. The van der Waals surface area contributed by atoms with Gasteiger partial charge >= 0.3 is 6.09 Å². The molecular formula is C32H55NO7S. The van der Waals surface area contributed by atoms with Gasteiger partial charge in [0, 0.05) is 19.1 Å². The second kappa shape index (κ2) is 21.9. The Kier molecular flexibility index (Phi) is 19.0. The molecule has 0 unspecified atom stereocenters. The van der Waals surface area contributed by atoms with Crippen molar-refractivity contribution in [1.29, 1.82) is 0 Å². The molecule has 0 spiro atoms. The van der Waals surface area contributed by atoms with Gasteiger partial charge in [0.15, 0.2) is 0 Å². The van der Waals surface area contributed by atoms with Gasteiger partial charge in [-0.25, -0.2) is 4.79 Å². The van der Waals surface area contributed by atoms with Gasteiger partial charge in [-0.3, -0.25) is 4.18 Å². The van der Waals surface area contributed by atoms with E-state index < -0.39 is 16.2 Å². The highest BCUT2D eigenvalue weighted by atomic mass is 32.2. The Hall–Kier alpha value is -1.68. The molecule has 1 aliphatic rings. The third-order valence-electron chi connectivity index (χ3n) is 7.48. The molecule has 0 aliphatic carbocycles. The van der Waals surface area contributed by atoms with Gasteiger partial charge in [0.2, 0.25) is 0 Å². The molecule has 236 valence electrons. The lowest BCUT2D eigenvalue weighted by atomic mass is 10.0. The minimum atomic E-state index is -3.85. The SMILES string of the molecule is CCCCCCCCCCCCCCCCOC[C@H]1CO[C@H](COC(=O)NCCOS(=O)(=O)c2ccc(C)cc2)C1. The Morgan fingerprint density at radius 3 is 2.05 bits per heavy atom. The summed E-state index contributed by atoms with van der Waals surface area (Å²) < 4.78 is 46.1. The van der Waals surface area contributed by atoms with E-state index in [1.54, 1.807) is 12.1 Å². The molecule has 0 bridgehead atoms. The van der Waals surface area contributed by atoms with Crippen LogP contribution in [-0.4, -0.2) is 60.2 Å². The molecule has 41 heavy (non-hydrogen) atoms. The van der Waals surface area contributed by atoms with Crippen LogP contribution < -0.4 is 5.32 Å². The molecule has 0 aromatic heterocycles. The molecule has 1 aliphatic heterocycles. The number of alkyl carbamates (subject to hydrolysis) is 1. The zero-order valence-corrected chi connectivity index (χ0v) is 26.4. The summed E-state index contributed by atoms with van der Waals surface area (Å²) >= 11 is 0. The first-order valence-electron chi connectivity index (χ1n) is 16.0. The molecule has 0 saturated carbocycles. The van der Waals surface area contributed by atoms with Crippen molar-refractivity contribution in [1.82, 2.24) is 5.32 Å². The monoisotopic (exact) mass is 597 g/mol. The van der Waals surface area contributed by atoms with Crippen molar-refractivity contribution in [3.63, 3.8) is 0 Å². The van der Waals surface area contributed by atoms with E-state index in [0.29, 0.717) is 19.1 Å². The van der Waals surface area contributed by atoms with Crippen LogP contribution in [0.25, 0.3) is 0 Å². The van der Waals surface area contributed by atoms with Crippen molar-refractivity contribution >= 4 is 16.2 Å². The van der Waals surface area contributed by atoms with E-state index in [1.807, 2.05) is 6.92 Å². The Bertz CT molecular complexity index is 907. The van der Waals surface area contributed by atoms with E-state index in [4.69, 9.17) is 18.4 Å². The zero-order chi connectivity index (χ0) is 29.6. The molecule has 1 amide bonds. The van der Waals surface area contributed by atoms with Gasteiger partial charge in [0.05, 0.1) is 30.8 Å². The van der Waals surface area contributed by atoms with E-state index >= 15 is 0 Å². The van der Waals surface area contributed by atoms with Crippen LogP contribution in [-0.2, 0) is 28.5 Å². The van der Waals surface area contributed by atoms with Crippen molar-refractivity contribution in [2.75, 3.05) is 39.6 Å². The molecule has 0 radical (unpaired) electrons. The van der Waals surface area contributed by atoms with Gasteiger partial charge in [-0.2, -0.15) is 8.42 Å². The second-order valence-electron chi connectivity index (χ2n) is 11.3. The molecule has 1 fully saturated rings. The number of amides is 1. The highest BCUT2D eigenvalue weighted by molar-refractivity contribution is 7.86. The number of aryl methyl sites for hydroxylation is 1. The fraction of sp³-hybridized carbons (Fsp3) is 0.781. The van der Waals surface area contributed by atoms with Crippen LogP contribution in [0, 0.1) is 12.8 Å². The van der Waals surface area contributed by atoms with Gasteiger partial charge in [-0.1, -0.05) is 108 Å². The van der Waals surface area contributed by atoms with Gasteiger partial charge in [0.25, 0.3) is 10.1 Å². The number of hydrogen-bond acceptors (Lipinski definition) is 7. The molecule has 1 aromatic rings. The van der Waals surface area contributed by atoms with Gasteiger partial charge in [-0.05, 0) is 31.9 Å². The molecule has 1 heterocycles. The average Bonchev–Trinajstić information content (AvgIpc) is 3.42. The number of carbonyl (C=O) groups excluding carboxylic acids is 1. The maximum absolute atomic E-state index is 12.2. The summed E-state index contributed by atoms with van der Waals surface area (Å²) in [6, 6.07) is 6.39. The summed E-state index contributed by atoms with van der Waals surface area (Å²) in [4.78, 5) is 12.0. The summed E-state index contributed by atoms with van der Waals surface area (Å²) in [7, 11) is -3.85. The fourth-order valence-electron chi connectivity index (χ4n) is 4.96. The number of hydrogen-bond donors (Lipinski definition) is 1. The predicted octanol–water partition coefficient (Wildman–Crippen LogP) is 7.33.